The van der Waals surface area contributed by atoms with Gasteiger partial charge in [0, 0.05) is 22.6 Å². The fourth-order valence-electron chi connectivity index (χ4n) is 2.56. The SMILES string of the molecule is CC(C)Cn1c(O)c(N=NC(=O)c2cc(Br)c[nH]2)c2ccccc21. The number of nitrogens with one attached hydrogen (secondary N) is 1. The van der Waals surface area contributed by atoms with Crippen LogP contribution in [0, 0.1) is 5.92 Å². The van der Waals surface area contributed by atoms with E-state index in [1.54, 1.807) is 16.8 Å². The average molecular weight is 389 g/mol. The minimum atomic E-state index is -0.499. The van der Waals surface area contributed by atoms with E-state index in [1.807, 2.05) is 24.3 Å². The molecule has 0 bridgehead atoms. The van der Waals surface area contributed by atoms with Crippen LogP contribution in [0.5, 0.6) is 5.88 Å². The summed E-state index contributed by atoms with van der Waals surface area (Å²) in [6, 6.07) is 9.17. The summed E-state index contributed by atoms with van der Waals surface area (Å²) >= 11 is 3.27. The number of amides is 1. The third-order valence-electron chi connectivity index (χ3n) is 3.58. The lowest BCUT2D eigenvalue weighted by Crippen LogP contribution is -2.03. The Morgan fingerprint density at radius 3 is 2.79 bits per heavy atom. The maximum atomic E-state index is 12.1. The molecule has 2 N–H and O–H groups in total. The van der Waals surface area contributed by atoms with Crippen molar-refractivity contribution in [3.8, 4) is 5.88 Å². The first-order valence-corrected chi connectivity index (χ1v) is 8.37. The van der Waals surface area contributed by atoms with Crippen LogP contribution in [0.1, 0.15) is 24.3 Å². The number of nitrogens with zero attached hydrogens (tertiary/aromatic N) is 3. The maximum Gasteiger partial charge on any atom is 0.311 e. The molecule has 0 saturated carbocycles. The zero-order valence-corrected chi connectivity index (χ0v) is 14.9. The molecule has 0 aliphatic carbocycles. The van der Waals surface area contributed by atoms with E-state index in [2.05, 4.69) is 45.0 Å². The Morgan fingerprint density at radius 1 is 1.38 bits per heavy atom. The Balaban J connectivity index is 2.01. The van der Waals surface area contributed by atoms with Crippen molar-refractivity contribution < 1.29 is 9.90 Å². The summed E-state index contributed by atoms with van der Waals surface area (Å²) < 4.78 is 2.56. The number of aromatic hydroxyl groups is 1. The van der Waals surface area contributed by atoms with Gasteiger partial charge in [-0.2, -0.15) is 0 Å². The Bertz CT molecular complexity index is 924. The van der Waals surface area contributed by atoms with Crippen molar-refractivity contribution in [3.63, 3.8) is 0 Å². The standard InChI is InChI=1S/C17H17BrN4O2/c1-10(2)9-22-14-6-4-3-5-12(14)15(17(22)24)20-21-16(23)13-7-11(18)8-19-13/h3-8,10,19,24H,9H2,1-2H3. The van der Waals surface area contributed by atoms with E-state index in [9.17, 15) is 9.90 Å². The fourth-order valence-corrected chi connectivity index (χ4v) is 2.90. The van der Waals surface area contributed by atoms with E-state index in [0.717, 1.165) is 15.4 Å². The van der Waals surface area contributed by atoms with Crippen LogP contribution in [0.15, 0.2) is 51.2 Å². The molecular weight excluding hydrogens is 372 g/mol. The van der Waals surface area contributed by atoms with Gasteiger partial charge in [0.1, 0.15) is 5.69 Å². The van der Waals surface area contributed by atoms with Crippen LogP contribution >= 0.6 is 15.9 Å². The first-order valence-electron chi connectivity index (χ1n) is 7.57. The number of aromatic nitrogens is 2. The summed E-state index contributed by atoms with van der Waals surface area (Å²) in [6.45, 7) is 4.80. The van der Waals surface area contributed by atoms with Gasteiger partial charge in [-0.1, -0.05) is 32.0 Å². The predicted octanol–water partition coefficient (Wildman–Crippen LogP) is 5.02. The molecule has 0 radical (unpaired) electrons. The summed E-state index contributed by atoms with van der Waals surface area (Å²) in [7, 11) is 0. The smallest absolute Gasteiger partial charge is 0.311 e. The van der Waals surface area contributed by atoms with Gasteiger partial charge in [0.2, 0.25) is 5.88 Å². The largest absolute Gasteiger partial charge is 0.493 e. The minimum Gasteiger partial charge on any atom is -0.493 e. The number of halogens is 1. The third-order valence-corrected chi connectivity index (χ3v) is 4.04. The van der Waals surface area contributed by atoms with Crippen LogP contribution in [0.4, 0.5) is 5.69 Å². The summed E-state index contributed by atoms with van der Waals surface area (Å²) in [5.41, 5.74) is 1.51. The van der Waals surface area contributed by atoms with Gasteiger partial charge in [-0.05, 0) is 34.0 Å². The Hall–Kier alpha value is -2.41. The van der Waals surface area contributed by atoms with Crippen molar-refractivity contribution in [2.75, 3.05) is 0 Å². The Kier molecular flexibility index (Phi) is 4.53. The number of carbonyl (C=O) groups is 1. The number of hydrogen-bond donors (Lipinski definition) is 2. The van der Waals surface area contributed by atoms with Crippen molar-refractivity contribution >= 4 is 38.4 Å². The second-order valence-electron chi connectivity index (χ2n) is 5.93. The van der Waals surface area contributed by atoms with E-state index in [-0.39, 0.29) is 5.88 Å². The maximum absolute atomic E-state index is 12.1. The number of para-hydroxylation sites is 1. The molecule has 0 saturated heterocycles. The molecule has 1 aromatic carbocycles. The van der Waals surface area contributed by atoms with E-state index in [4.69, 9.17) is 0 Å². The Morgan fingerprint density at radius 2 is 2.12 bits per heavy atom. The van der Waals surface area contributed by atoms with E-state index >= 15 is 0 Å². The molecule has 124 valence electrons. The van der Waals surface area contributed by atoms with Crippen molar-refractivity contribution in [3.05, 3.63) is 46.7 Å². The highest BCUT2D eigenvalue weighted by molar-refractivity contribution is 9.10. The van der Waals surface area contributed by atoms with Gasteiger partial charge in [-0.15, -0.1) is 10.2 Å². The lowest BCUT2D eigenvalue weighted by molar-refractivity contribution is 0.0991. The number of carbonyl (C=O) groups excluding carboxylic acids is 1. The molecule has 1 amide bonds. The molecule has 0 unspecified atom stereocenters. The van der Waals surface area contributed by atoms with Crippen molar-refractivity contribution in [2.24, 2.45) is 16.1 Å². The monoisotopic (exact) mass is 388 g/mol. The number of H-pyrrole nitrogens is 1. The van der Waals surface area contributed by atoms with Gasteiger partial charge in [-0.25, -0.2) is 0 Å². The first kappa shape index (κ1) is 16.4. The van der Waals surface area contributed by atoms with Gasteiger partial charge in [-0.3, -0.25) is 4.79 Å². The van der Waals surface area contributed by atoms with Gasteiger partial charge < -0.3 is 14.7 Å². The number of fused-ring (bicyclic) bond motifs is 1. The molecule has 0 atom stereocenters. The molecule has 6 nitrogen and oxygen atoms in total. The molecule has 2 heterocycles. The normalized spacial score (nSPS) is 11.8. The zero-order chi connectivity index (χ0) is 17.3. The van der Waals surface area contributed by atoms with Crippen LogP contribution < -0.4 is 0 Å². The molecule has 7 heteroatoms. The first-order chi connectivity index (χ1) is 11.5. The summed E-state index contributed by atoms with van der Waals surface area (Å²) in [5.74, 6) is -0.121. The van der Waals surface area contributed by atoms with E-state index < -0.39 is 5.91 Å². The van der Waals surface area contributed by atoms with E-state index in [0.29, 0.717) is 23.8 Å². The molecule has 0 aliphatic rings. The molecule has 3 rings (SSSR count). The predicted molar refractivity (Wildman–Crippen MR) is 95.8 cm³/mol. The lowest BCUT2D eigenvalue weighted by atomic mass is 10.2. The molecule has 0 fully saturated rings. The summed E-state index contributed by atoms with van der Waals surface area (Å²) in [5, 5.41) is 19.1. The quantitative estimate of drug-likeness (QED) is 0.615. The van der Waals surface area contributed by atoms with Gasteiger partial charge in [0.15, 0.2) is 5.69 Å². The average Bonchev–Trinajstić information content (AvgIpc) is 3.09. The molecule has 24 heavy (non-hydrogen) atoms. The topological polar surface area (TPSA) is 82.7 Å². The van der Waals surface area contributed by atoms with Crippen molar-refractivity contribution in [2.45, 2.75) is 20.4 Å². The molecule has 3 aromatic rings. The van der Waals surface area contributed by atoms with Gasteiger partial charge in [0.05, 0.1) is 5.52 Å². The lowest BCUT2D eigenvalue weighted by Gasteiger charge is -2.09. The van der Waals surface area contributed by atoms with Crippen LogP contribution in [0.3, 0.4) is 0 Å². The molecule has 2 aromatic heterocycles. The van der Waals surface area contributed by atoms with Crippen molar-refractivity contribution in [1.29, 1.82) is 0 Å². The number of benzene rings is 1. The Labute approximate surface area is 147 Å². The highest BCUT2D eigenvalue weighted by Gasteiger charge is 2.17. The van der Waals surface area contributed by atoms with Crippen molar-refractivity contribution in [1.82, 2.24) is 9.55 Å². The van der Waals surface area contributed by atoms with Crippen LogP contribution in [-0.2, 0) is 6.54 Å². The fraction of sp³-hybridized carbons (Fsp3) is 0.235. The summed E-state index contributed by atoms with van der Waals surface area (Å²) in [4.78, 5) is 14.9. The molecule has 0 aliphatic heterocycles. The number of rotatable bonds is 4. The van der Waals surface area contributed by atoms with Gasteiger partial charge >= 0.3 is 5.91 Å². The summed E-state index contributed by atoms with van der Waals surface area (Å²) in [6.07, 6.45) is 1.65. The second-order valence-corrected chi connectivity index (χ2v) is 6.85. The zero-order valence-electron chi connectivity index (χ0n) is 13.3. The minimum absolute atomic E-state index is 0.0223. The van der Waals surface area contributed by atoms with Gasteiger partial charge in [0.25, 0.3) is 0 Å². The number of hydrogen-bond acceptors (Lipinski definition) is 3. The van der Waals surface area contributed by atoms with Crippen LogP contribution in [0.2, 0.25) is 0 Å². The highest BCUT2D eigenvalue weighted by atomic mass is 79.9. The van der Waals surface area contributed by atoms with E-state index in [1.165, 1.54) is 0 Å². The number of azo groups is 1. The van der Waals surface area contributed by atoms with Crippen LogP contribution in [0.25, 0.3) is 10.9 Å². The molecule has 0 spiro atoms. The number of aromatic amines is 1. The highest BCUT2D eigenvalue weighted by Crippen LogP contribution is 2.39. The second kappa shape index (κ2) is 6.60. The molecular formula is C17H17BrN4O2. The third kappa shape index (κ3) is 3.12. The van der Waals surface area contributed by atoms with Crippen LogP contribution in [-0.4, -0.2) is 20.6 Å².